The quantitative estimate of drug-likeness (QED) is 0.733. The maximum Gasteiger partial charge on any atom is 0.163 e. The molecular formula is C16H21ClN2O2. The maximum atomic E-state index is 5.93. The number of alkyl halides is 1. The highest BCUT2D eigenvalue weighted by Gasteiger charge is 2.22. The third-order valence-electron chi connectivity index (χ3n) is 4.11. The Kier molecular flexibility index (Phi) is 4.24. The molecule has 1 aliphatic rings. The van der Waals surface area contributed by atoms with Crippen molar-refractivity contribution in [2.75, 3.05) is 20.1 Å². The second-order valence-electron chi connectivity index (χ2n) is 5.55. The maximum absolute atomic E-state index is 5.93. The van der Waals surface area contributed by atoms with E-state index < -0.39 is 0 Å². The second-order valence-corrected chi connectivity index (χ2v) is 5.92. The Morgan fingerprint density at radius 1 is 1.24 bits per heavy atom. The molecule has 1 aromatic carbocycles. The molecular weight excluding hydrogens is 288 g/mol. The normalized spacial score (nSPS) is 14.6. The fourth-order valence-corrected chi connectivity index (χ4v) is 2.91. The Balaban J connectivity index is 2.03. The minimum absolute atomic E-state index is 0.584. The number of benzene rings is 1. The summed E-state index contributed by atoms with van der Waals surface area (Å²) in [7, 11) is 3.31. The van der Waals surface area contributed by atoms with Crippen LogP contribution in [0.4, 0.5) is 0 Å². The first-order chi connectivity index (χ1) is 10.3. The van der Waals surface area contributed by atoms with Crippen molar-refractivity contribution in [1.82, 2.24) is 9.55 Å². The van der Waals surface area contributed by atoms with Crippen molar-refractivity contribution in [3.63, 3.8) is 0 Å². The van der Waals surface area contributed by atoms with Crippen molar-refractivity contribution in [1.29, 1.82) is 0 Å². The highest BCUT2D eigenvalue weighted by atomic mass is 35.5. The lowest BCUT2D eigenvalue weighted by molar-refractivity contribution is 0.355. The summed E-state index contributed by atoms with van der Waals surface area (Å²) in [5.41, 5.74) is 2.05. The summed E-state index contributed by atoms with van der Waals surface area (Å²) in [6, 6.07) is 3.96. The van der Waals surface area contributed by atoms with E-state index in [-0.39, 0.29) is 0 Å². The monoisotopic (exact) mass is 308 g/mol. The van der Waals surface area contributed by atoms with Gasteiger partial charge in [0.25, 0.3) is 0 Å². The summed E-state index contributed by atoms with van der Waals surface area (Å²) in [5, 5.41) is 0. The van der Waals surface area contributed by atoms with Crippen LogP contribution < -0.4 is 9.47 Å². The number of methoxy groups -OCH3 is 2. The Hall–Kier alpha value is -1.42. The molecule has 5 heteroatoms. The van der Waals surface area contributed by atoms with Crippen molar-refractivity contribution >= 4 is 22.6 Å². The molecule has 21 heavy (non-hydrogen) atoms. The molecule has 1 fully saturated rings. The number of nitrogens with zero attached hydrogens (tertiary/aromatic N) is 2. The number of fused-ring (bicyclic) bond motifs is 1. The van der Waals surface area contributed by atoms with Crippen molar-refractivity contribution in [2.45, 2.75) is 32.2 Å². The molecule has 2 aromatic rings. The molecule has 1 saturated carbocycles. The lowest BCUT2D eigenvalue weighted by Gasteiger charge is -2.10. The molecule has 0 atom stereocenters. The van der Waals surface area contributed by atoms with Gasteiger partial charge in [-0.1, -0.05) is 12.8 Å². The van der Waals surface area contributed by atoms with E-state index in [9.17, 15) is 0 Å². The van der Waals surface area contributed by atoms with Crippen LogP contribution in [0.2, 0.25) is 0 Å². The molecule has 1 heterocycles. The summed E-state index contributed by atoms with van der Waals surface area (Å²) in [4.78, 5) is 4.73. The first-order valence-corrected chi connectivity index (χ1v) is 7.97. The predicted octanol–water partition coefficient (Wildman–Crippen LogP) is 3.63. The molecule has 1 aromatic heterocycles. The zero-order chi connectivity index (χ0) is 14.8. The molecule has 0 N–H and O–H groups in total. The van der Waals surface area contributed by atoms with Crippen LogP contribution in [0.15, 0.2) is 12.1 Å². The minimum atomic E-state index is 0.584. The van der Waals surface area contributed by atoms with Crippen LogP contribution in [0.5, 0.6) is 11.5 Å². The van der Waals surface area contributed by atoms with Gasteiger partial charge in [0.05, 0.1) is 25.3 Å². The van der Waals surface area contributed by atoms with Crippen molar-refractivity contribution in [2.24, 2.45) is 5.92 Å². The van der Waals surface area contributed by atoms with Crippen molar-refractivity contribution in [3.8, 4) is 11.5 Å². The van der Waals surface area contributed by atoms with Gasteiger partial charge in [-0.25, -0.2) is 4.98 Å². The number of hydrogen-bond acceptors (Lipinski definition) is 3. The summed E-state index contributed by atoms with van der Waals surface area (Å²) in [5.74, 6) is 3.99. The fraction of sp³-hybridized carbons (Fsp3) is 0.562. The smallest absolute Gasteiger partial charge is 0.163 e. The third kappa shape index (κ3) is 2.95. The number of halogens is 1. The number of aryl methyl sites for hydroxylation is 2. The summed E-state index contributed by atoms with van der Waals surface area (Å²) >= 11 is 5.93. The van der Waals surface area contributed by atoms with Crippen LogP contribution in [0.25, 0.3) is 11.0 Å². The molecule has 4 nitrogen and oxygen atoms in total. The fourth-order valence-electron chi connectivity index (χ4n) is 2.74. The van der Waals surface area contributed by atoms with E-state index >= 15 is 0 Å². The average Bonchev–Trinajstić information content (AvgIpc) is 3.26. The number of imidazole rings is 1. The van der Waals surface area contributed by atoms with Crippen LogP contribution in [-0.4, -0.2) is 29.7 Å². The lowest BCUT2D eigenvalue weighted by Crippen LogP contribution is -2.05. The molecule has 114 valence electrons. The van der Waals surface area contributed by atoms with Gasteiger partial charge in [-0.15, -0.1) is 11.6 Å². The summed E-state index contributed by atoms with van der Waals surface area (Å²) in [6.45, 7) is 1.00. The second kappa shape index (κ2) is 6.14. The first-order valence-electron chi connectivity index (χ1n) is 7.44. The first kappa shape index (κ1) is 14.5. The van der Waals surface area contributed by atoms with Crippen LogP contribution >= 0.6 is 11.6 Å². The van der Waals surface area contributed by atoms with Gasteiger partial charge in [0.15, 0.2) is 11.5 Å². The van der Waals surface area contributed by atoms with E-state index in [4.69, 9.17) is 26.1 Å². The van der Waals surface area contributed by atoms with Gasteiger partial charge >= 0.3 is 0 Å². The Labute approximate surface area is 130 Å². The van der Waals surface area contributed by atoms with Crippen LogP contribution in [-0.2, 0) is 13.0 Å². The molecule has 0 aliphatic heterocycles. The van der Waals surface area contributed by atoms with E-state index in [1.54, 1.807) is 14.2 Å². The lowest BCUT2D eigenvalue weighted by atomic mass is 10.2. The average molecular weight is 309 g/mol. The zero-order valence-electron chi connectivity index (χ0n) is 12.6. The summed E-state index contributed by atoms with van der Waals surface area (Å²) in [6.07, 6.45) is 4.74. The molecule has 1 aliphatic carbocycles. The minimum Gasteiger partial charge on any atom is -0.493 e. The molecule has 3 rings (SSSR count). The topological polar surface area (TPSA) is 36.3 Å². The van der Waals surface area contributed by atoms with E-state index in [1.165, 1.54) is 19.3 Å². The van der Waals surface area contributed by atoms with E-state index in [0.717, 1.165) is 41.5 Å². The largest absolute Gasteiger partial charge is 0.493 e. The standard InChI is InChI=1S/C16H21ClN2O2/c1-20-14-9-12-13(10-15(14)21-2)19(8-6-11-3-4-11)16(18-12)5-7-17/h9-11H,3-8H2,1-2H3. The van der Waals surface area contributed by atoms with Gasteiger partial charge in [0.2, 0.25) is 0 Å². The van der Waals surface area contributed by atoms with E-state index in [2.05, 4.69) is 4.57 Å². The number of aromatic nitrogens is 2. The van der Waals surface area contributed by atoms with Crippen LogP contribution in [0, 0.1) is 5.92 Å². The Bertz CT molecular complexity index is 635. The van der Waals surface area contributed by atoms with Gasteiger partial charge in [-0.3, -0.25) is 0 Å². The molecule has 0 saturated heterocycles. The molecule has 0 amide bonds. The SMILES string of the molecule is COc1cc2nc(CCCl)n(CCC3CC3)c2cc1OC. The molecule has 0 bridgehead atoms. The highest BCUT2D eigenvalue weighted by Crippen LogP contribution is 2.35. The molecule has 0 spiro atoms. The predicted molar refractivity (Wildman–Crippen MR) is 84.6 cm³/mol. The Morgan fingerprint density at radius 2 is 1.95 bits per heavy atom. The van der Waals surface area contributed by atoms with Crippen LogP contribution in [0.3, 0.4) is 0 Å². The summed E-state index contributed by atoms with van der Waals surface area (Å²) < 4.78 is 13.1. The van der Waals surface area contributed by atoms with Crippen LogP contribution in [0.1, 0.15) is 25.1 Å². The van der Waals surface area contributed by atoms with Gasteiger partial charge in [0.1, 0.15) is 5.82 Å². The van der Waals surface area contributed by atoms with Crippen molar-refractivity contribution in [3.05, 3.63) is 18.0 Å². The van der Waals surface area contributed by atoms with Gasteiger partial charge < -0.3 is 14.0 Å². The molecule has 0 radical (unpaired) electrons. The number of hydrogen-bond donors (Lipinski definition) is 0. The highest BCUT2D eigenvalue weighted by molar-refractivity contribution is 6.17. The third-order valence-corrected chi connectivity index (χ3v) is 4.30. The van der Waals surface area contributed by atoms with Gasteiger partial charge in [-0.2, -0.15) is 0 Å². The number of rotatable bonds is 7. The van der Waals surface area contributed by atoms with E-state index in [1.807, 2.05) is 12.1 Å². The van der Waals surface area contributed by atoms with Gasteiger partial charge in [0, 0.05) is 31.0 Å². The molecule has 0 unspecified atom stereocenters. The number of ether oxygens (including phenoxy) is 2. The van der Waals surface area contributed by atoms with E-state index in [0.29, 0.717) is 11.6 Å². The Morgan fingerprint density at radius 3 is 2.57 bits per heavy atom. The van der Waals surface area contributed by atoms with Crippen molar-refractivity contribution < 1.29 is 9.47 Å². The zero-order valence-corrected chi connectivity index (χ0v) is 13.3. The van der Waals surface area contributed by atoms with Gasteiger partial charge in [-0.05, 0) is 12.3 Å².